The van der Waals surface area contributed by atoms with Crippen molar-refractivity contribution in [1.29, 1.82) is 0 Å². The van der Waals surface area contributed by atoms with Gasteiger partial charge in [-0.05, 0) is 52.7 Å². The van der Waals surface area contributed by atoms with Gasteiger partial charge in [-0.25, -0.2) is 9.18 Å². The van der Waals surface area contributed by atoms with Crippen molar-refractivity contribution in [2.24, 2.45) is 0 Å². The van der Waals surface area contributed by atoms with E-state index in [0.29, 0.717) is 15.8 Å². The second kappa shape index (κ2) is 6.13. The van der Waals surface area contributed by atoms with Crippen LogP contribution in [0.5, 0.6) is 0 Å². The zero-order chi connectivity index (χ0) is 15.6. The Bertz CT molecular complexity index is 704. The molecule has 4 nitrogen and oxygen atoms in total. The lowest BCUT2D eigenvalue weighted by molar-refractivity contribution is 0.0602. The molecule has 0 amide bonds. The van der Waals surface area contributed by atoms with Crippen LogP contribution in [0.15, 0.2) is 34.8 Å². The first-order chi connectivity index (χ1) is 9.93. The van der Waals surface area contributed by atoms with E-state index < -0.39 is 5.97 Å². The molecule has 21 heavy (non-hydrogen) atoms. The zero-order valence-electron chi connectivity index (χ0n) is 11.5. The summed E-state index contributed by atoms with van der Waals surface area (Å²) in [4.78, 5) is 11.6. The minimum Gasteiger partial charge on any atom is -0.465 e. The number of para-hydroxylation sites is 1. The lowest BCUT2D eigenvalue weighted by Gasteiger charge is -2.14. The molecule has 0 unspecified atom stereocenters. The van der Waals surface area contributed by atoms with E-state index in [1.807, 2.05) is 0 Å². The average molecular weight is 353 g/mol. The molecule has 0 aliphatic heterocycles. The monoisotopic (exact) mass is 352 g/mol. The first kappa shape index (κ1) is 15.3. The Balaban J connectivity index is 2.41. The van der Waals surface area contributed by atoms with Gasteiger partial charge >= 0.3 is 5.97 Å². The minimum atomic E-state index is -0.506. The zero-order valence-corrected chi connectivity index (χ0v) is 13.1. The van der Waals surface area contributed by atoms with Crippen molar-refractivity contribution in [2.75, 3.05) is 18.2 Å². The van der Waals surface area contributed by atoms with E-state index in [9.17, 15) is 9.18 Å². The van der Waals surface area contributed by atoms with Crippen LogP contribution in [0.3, 0.4) is 0 Å². The molecule has 6 heteroatoms. The lowest BCUT2D eigenvalue weighted by Crippen LogP contribution is -2.08. The number of halogens is 2. The Kier molecular flexibility index (Phi) is 4.47. The summed E-state index contributed by atoms with van der Waals surface area (Å²) < 4.78 is 18.5. The van der Waals surface area contributed by atoms with Gasteiger partial charge in [-0.15, -0.1) is 0 Å². The van der Waals surface area contributed by atoms with Crippen LogP contribution >= 0.6 is 15.9 Å². The molecule has 2 aromatic carbocycles. The van der Waals surface area contributed by atoms with Crippen molar-refractivity contribution in [3.05, 3.63) is 51.7 Å². The van der Waals surface area contributed by atoms with Crippen LogP contribution in [-0.4, -0.2) is 13.1 Å². The van der Waals surface area contributed by atoms with Gasteiger partial charge in [0.2, 0.25) is 0 Å². The molecule has 0 saturated carbocycles. The van der Waals surface area contributed by atoms with E-state index >= 15 is 0 Å². The number of aryl methyl sites for hydroxylation is 1. The summed E-state index contributed by atoms with van der Waals surface area (Å²) >= 11 is 3.14. The smallest absolute Gasteiger partial charge is 0.340 e. The molecule has 0 aliphatic rings. The predicted octanol–water partition coefficient (Wildman–Crippen LogP) is 4.01. The number of hydrogen-bond donors (Lipinski definition) is 2. The van der Waals surface area contributed by atoms with Gasteiger partial charge in [0.1, 0.15) is 5.82 Å². The van der Waals surface area contributed by atoms with E-state index in [-0.39, 0.29) is 17.1 Å². The van der Waals surface area contributed by atoms with Crippen LogP contribution < -0.4 is 11.1 Å². The fourth-order valence-electron chi connectivity index (χ4n) is 1.89. The number of esters is 1. The first-order valence-electron chi connectivity index (χ1n) is 6.13. The molecule has 0 saturated heterocycles. The minimum absolute atomic E-state index is 0.279. The molecule has 0 spiro atoms. The van der Waals surface area contributed by atoms with Crippen molar-refractivity contribution in [3.63, 3.8) is 0 Å². The molecular formula is C15H14BrFN2O2. The van der Waals surface area contributed by atoms with E-state index in [1.165, 1.54) is 13.2 Å². The highest BCUT2D eigenvalue weighted by Crippen LogP contribution is 2.31. The maximum Gasteiger partial charge on any atom is 0.340 e. The van der Waals surface area contributed by atoms with Gasteiger partial charge in [0, 0.05) is 5.69 Å². The standard InChI is InChI=1S/C15H14BrFN2O2/c1-8-6-11(17)10(16)7-13(8)19-12-5-3-4-9(14(12)18)15(20)21-2/h3-7,19H,18H2,1-2H3. The Morgan fingerprint density at radius 3 is 2.71 bits per heavy atom. The third kappa shape index (κ3) is 3.16. The Hall–Kier alpha value is -2.08. The molecule has 2 rings (SSSR count). The lowest BCUT2D eigenvalue weighted by atomic mass is 10.1. The van der Waals surface area contributed by atoms with Crippen LogP contribution in [-0.2, 0) is 4.74 Å². The van der Waals surface area contributed by atoms with Crippen LogP contribution in [0.4, 0.5) is 21.5 Å². The average Bonchev–Trinajstić information content (AvgIpc) is 2.46. The number of nitrogens with one attached hydrogen (secondary N) is 1. The number of ether oxygens (including phenoxy) is 1. The number of hydrogen-bond acceptors (Lipinski definition) is 4. The van der Waals surface area contributed by atoms with Crippen LogP contribution in [0.1, 0.15) is 15.9 Å². The Labute approximate surface area is 130 Å². The number of rotatable bonds is 3. The Morgan fingerprint density at radius 1 is 1.33 bits per heavy atom. The van der Waals surface area contributed by atoms with E-state index in [4.69, 9.17) is 5.73 Å². The molecule has 110 valence electrons. The van der Waals surface area contributed by atoms with Crippen molar-refractivity contribution in [2.45, 2.75) is 6.92 Å². The normalized spacial score (nSPS) is 10.3. The number of benzene rings is 2. The molecule has 0 atom stereocenters. The third-order valence-electron chi connectivity index (χ3n) is 3.05. The van der Waals surface area contributed by atoms with Gasteiger partial charge in [0.15, 0.2) is 0 Å². The topological polar surface area (TPSA) is 64.3 Å². The van der Waals surface area contributed by atoms with Crippen molar-refractivity contribution >= 4 is 39.0 Å². The van der Waals surface area contributed by atoms with Crippen LogP contribution in [0.25, 0.3) is 0 Å². The molecule has 0 aliphatic carbocycles. The van der Waals surface area contributed by atoms with Gasteiger partial charge in [-0.1, -0.05) is 6.07 Å². The number of nitrogens with two attached hydrogens (primary N) is 1. The van der Waals surface area contributed by atoms with Crippen molar-refractivity contribution in [1.82, 2.24) is 0 Å². The molecule has 0 bridgehead atoms. The number of carbonyl (C=O) groups is 1. The number of nitrogen functional groups attached to an aromatic ring is 1. The van der Waals surface area contributed by atoms with Gasteiger partial charge in [-0.3, -0.25) is 0 Å². The summed E-state index contributed by atoms with van der Waals surface area (Å²) in [6, 6.07) is 8.04. The number of carbonyl (C=O) groups excluding carboxylic acids is 1. The fourth-order valence-corrected chi connectivity index (χ4v) is 2.23. The van der Waals surface area contributed by atoms with E-state index in [1.54, 1.807) is 31.2 Å². The molecule has 0 heterocycles. The summed E-state index contributed by atoms with van der Waals surface area (Å²) in [6.45, 7) is 1.78. The third-order valence-corrected chi connectivity index (χ3v) is 3.66. The second-order valence-corrected chi connectivity index (χ2v) is 5.32. The molecule has 0 radical (unpaired) electrons. The SMILES string of the molecule is COC(=O)c1cccc(Nc2cc(Br)c(F)cc2C)c1N. The van der Waals surface area contributed by atoms with Gasteiger partial charge < -0.3 is 15.8 Å². The molecular weight excluding hydrogens is 339 g/mol. The quantitative estimate of drug-likeness (QED) is 0.647. The first-order valence-corrected chi connectivity index (χ1v) is 6.92. The largest absolute Gasteiger partial charge is 0.465 e. The van der Waals surface area contributed by atoms with Gasteiger partial charge in [0.25, 0.3) is 0 Å². The highest BCUT2D eigenvalue weighted by atomic mass is 79.9. The molecule has 2 aromatic rings. The maximum atomic E-state index is 13.4. The summed E-state index contributed by atoms with van der Waals surface area (Å²) in [6.07, 6.45) is 0. The highest BCUT2D eigenvalue weighted by Gasteiger charge is 2.14. The van der Waals surface area contributed by atoms with Crippen molar-refractivity contribution < 1.29 is 13.9 Å². The summed E-state index contributed by atoms with van der Waals surface area (Å²) in [5, 5.41) is 3.10. The summed E-state index contributed by atoms with van der Waals surface area (Å²) in [7, 11) is 1.29. The van der Waals surface area contributed by atoms with Gasteiger partial charge in [-0.2, -0.15) is 0 Å². The predicted molar refractivity (Wildman–Crippen MR) is 84.3 cm³/mol. The van der Waals surface area contributed by atoms with Crippen LogP contribution in [0.2, 0.25) is 0 Å². The van der Waals surface area contributed by atoms with E-state index in [2.05, 4.69) is 26.0 Å². The number of anilines is 3. The highest BCUT2D eigenvalue weighted by molar-refractivity contribution is 9.10. The van der Waals surface area contributed by atoms with Gasteiger partial charge in [0.05, 0.1) is 28.5 Å². The second-order valence-electron chi connectivity index (χ2n) is 4.46. The van der Waals surface area contributed by atoms with Crippen LogP contribution in [0, 0.1) is 12.7 Å². The number of methoxy groups -OCH3 is 1. The van der Waals surface area contributed by atoms with E-state index in [0.717, 1.165) is 5.56 Å². The molecule has 0 aromatic heterocycles. The summed E-state index contributed by atoms with van der Waals surface area (Å²) in [5.74, 6) is -0.845. The molecule has 0 fully saturated rings. The Morgan fingerprint density at radius 2 is 2.05 bits per heavy atom. The molecule has 3 N–H and O–H groups in total. The van der Waals surface area contributed by atoms with Crippen molar-refractivity contribution in [3.8, 4) is 0 Å². The summed E-state index contributed by atoms with van der Waals surface area (Å²) in [5.41, 5.74) is 8.50. The maximum absolute atomic E-state index is 13.4. The fraction of sp³-hybridized carbons (Fsp3) is 0.133.